The number of alkyl halides is 3. The summed E-state index contributed by atoms with van der Waals surface area (Å²) in [6, 6.07) is 12.3. The Labute approximate surface area is 183 Å². The van der Waals surface area contributed by atoms with E-state index in [2.05, 4.69) is 14.8 Å². The summed E-state index contributed by atoms with van der Waals surface area (Å²) in [5.74, 6) is 0.930. The number of aromatic nitrogens is 1. The third-order valence-electron chi connectivity index (χ3n) is 5.51. The second-order valence-corrected chi connectivity index (χ2v) is 8.70. The van der Waals surface area contributed by atoms with Gasteiger partial charge in [0.1, 0.15) is 5.82 Å². The number of pyridine rings is 1. The molecule has 0 saturated carbocycles. The lowest BCUT2D eigenvalue weighted by Crippen LogP contribution is -2.64. The van der Waals surface area contributed by atoms with Crippen molar-refractivity contribution < 1.29 is 18.0 Å². The molecule has 0 aliphatic carbocycles. The van der Waals surface area contributed by atoms with Crippen molar-refractivity contribution in [2.45, 2.75) is 16.4 Å². The van der Waals surface area contributed by atoms with Crippen LogP contribution in [0.25, 0.3) is 6.08 Å². The van der Waals surface area contributed by atoms with Gasteiger partial charge in [0.05, 0.1) is 0 Å². The van der Waals surface area contributed by atoms with E-state index in [9.17, 15) is 18.0 Å². The molecule has 0 radical (unpaired) electrons. The maximum atomic E-state index is 12.4. The highest BCUT2D eigenvalue weighted by atomic mass is 32.2. The van der Waals surface area contributed by atoms with E-state index in [1.165, 1.54) is 18.2 Å². The number of benzene rings is 1. The number of hydrogen-bond acceptors (Lipinski definition) is 5. The van der Waals surface area contributed by atoms with Gasteiger partial charge in [-0.25, -0.2) is 4.98 Å². The van der Waals surface area contributed by atoms with Gasteiger partial charge in [0.2, 0.25) is 5.91 Å². The van der Waals surface area contributed by atoms with Gasteiger partial charge in [-0.2, -0.15) is 13.2 Å². The molecule has 1 amide bonds. The molecule has 2 aliphatic rings. The van der Waals surface area contributed by atoms with Crippen LogP contribution < -0.4 is 4.90 Å². The molecule has 4 rings (SSSR count). The fourth-order valence-corrected chi connectivity index (χ4v) is 4.32. The number of likely N-dealkylation sites (tertiary alicyclic amines) is 1. The highest BCUT2D eigenvalue weighted by Gasteiger charge is 2.35. The van der Waals surface area contributed by atoms with Crippen molar-refractivity contribution in [3.05, 3.63) is 60.3 Å². The highest BCUT2D eigenvalue weighted by molar-refractivity contribution is 8.00. The Morgan fingerprint density at radius 1 is 1.03 bits per heavy atom. The van der Waals surface area contributed by atoms with Crippen LogP contribution in [0.3, 0.4) is 0 Å². The number of thioether (sulfide) groups is 1. The van der Waals surface area contributed by atoms with Crippen LogP contribution in [0.4, 0.5) is 19.0 Å². The van der Waals surface area contributed by atoms with Gasteiger partial charge >= 0.3 is 5.51 Å². The van der Waals surface area contributed by atoms with Crippen LogP contribution in [0.15, 0.2) is 59.6 Å². The minimum atomic E-state index is -4.30. The summed E-state index contributed by atoms with van der Waals surface area (Å²) >= 11 is -0.146. The smallest absolute Gasteiger partial charge is 0.354 e. The first-order valence-electron chi connectivity index (χ1n) is 10.1. The molecule has 0 spiro atoms. The van der Waals surface area contributed by atoms with Crippen molar-refractivity contribution in [2.75, 3.05) is 44.2 Å². The molecule has 0 bridgehead atoms. The number of amides is 1. The summed E-state index contributed by atoms with van der Waals surface area (Å²) in [5, 5.41) is 0. The fraction of sp³-hybridized carbons (Fsp3) is 0.364. The van der Waals surface area contributed by atoms with Crippen molar-refractivity contribution in [3.63, 3.8) is 0 Å². The van der Waals surface area contributed by atoms with E-state index in [1.807, 2.05) is 18.2 Å². The van der Waals surface area contributed by atoms with Gasteiger partial charge in [0.25, 0.3) is 0 Å². The Hall–Kier alpha value is -2.52. The molecule has 2 fully saturated rings. The van der Waals surface area contributed by atoms with E-state index in [1.54, 1.807) is 29.3 Å². The van der Waals surface area contributed by atoms with E-state index in [4.69, 9.17) is 0 Å². The summed E-state index contributed by atoms with van der Waals surface area (Å²) in [6.07, 6.45) is 4.94. The largest absolute Gasteiger partial charge is 0.446 e. The van der Waals surface area contributed by atoms with Crippen LogP contribution in [0.5, 0.6) is 0 Å². The number of piperazine rings is 1. The second kappa shape index (κ2) is 9.32. The molecule has 2 aliphatic heterocycles. The lowest BCUT2D eigenvalue weighted by Gasteiger charge is -2.48. The van der Waals surface area contributed by atoms with E-state index >= 15 is 0 Å². The fourth-order valence-electron chi connectivity index (χ4n) is 3.78. The van der Waals surface area contributed by atoms with Crippen molar-refractivity contribution in [3.8, 4) is 0 Å². The van der Waals surface area contributed by atoms with Gasteiger partial charge < -0.3 is 9.80 Å². The molecule has 31 heavy (non-hydrogen) atoms. The molecule has 0 N–H and O–H groups in total. The summed E-state index contributed by atoms with van der Waals surface area (Å²) in [7, 11) is 0. The highest BCUT2D eigenvalue weighted by Crippen LogP contribution is 2.36. The van der Waals surface area contributed by atoms with Crippen LogP contribution in [0.1, 0.15) is 5.56 Å². The van der Waals surface area contributed by atoms with E-state index < -0.39 is 5.51 Å². The molecular formula is C22H23F3N4OS. The van der Waals surface area contributed by atoms with Crippen LogP contribution in [0, 0.1) is 0 Å². The third kappa shape index (κ3) is 5.80. The minimum absolute atomic E-state index is 0.0721. The Morgan fingerprint density at radius 3 is 2.35 bits per heavy atom. The predicted molar refractivity (Wildman–Crippen MR) is 116 cm³/mol. The lowest BCUT2D eigenvalue weighted by atomic mass is 10.1. The zero-order valence-corrected chi connectivity index (χ0v) is 17.6. The summed E-state index contributed by atoms with van der Waals surface area (Å²) < 4.78 is 37.2. The Morgan fingerprint density at radius 2 is 1.74 bits per heavy atom. The average Bonchev–Trinajstić information content (AvgIpc) is 2.72. The van der Waals surface area contributed by atoms with Crippen LogP contribution in [-0.4, -0.2) is 71.5 Å². The maximum absolute atomic E-state index is 12.4. The third-order valence-corrected chi connectivity index (χ3v) is 6.25. The second-order valence-electron chi connectivity index (χ2n) is 7.56. The van der Waals surface area contributed by atoms with Gasteiger partial charge in [-0.05, 0) is 47.7 Å². The molecular weight excluding hydrogens is 425 g/mol. The van der Waals surface area contributed by atoms with Crippen molar-refractivity contribution in [1.29, 1.82) is 0 Å². The zero-order chi connectivity index (χ0) is 21.8. The molecule has 2 saturated heterocycles. The SMILES string of the molecule is O=C(/C=C/c1ccc(SC(F)(F)F)cc1)N1CC(N2CCN(c3ccccn3)CC2)C1. The maximum Gasteiger partial charge on any atom is 0.446 e. The first-order chi connectivity index (χ1) is 14.9. The predicted octanol–water partition coefficient (Wildman–Crippen LogP) is 3.74. The number of anilines is 1. The van der Waals surface area contributed by atoms with Gasteiger partial charge in [-0.15, -0.1) is 0 Å². The van der Waals surface area contributed by atoms with Crippen molar-refractivity contribution in [1.82, 2.24) is 14.8 Å². The van der Waals surface area contributed by atoms with Crippen molar-refractivity contribution in [2.24, 2.45) is 0 Å². The lowest BCUT2D eigenvalue weighted by molar-refractivity contribution is -0.133. The van der Waals surface area contributed by atoms with Crippen LogP contribution in [0.2, 0.25) is 0 Å². The molecule has 0 unspecified atom stereocenters. The molecule has 9 heteroatoms. The van der Waals surface area contributed by atoms with E-state index in [0.29, 0.717) is 24.7 Å². The normalized spacial score (nSPS) is 18.4. The number of nitrogens with zero attached hydrogens (tertiary/aromatic N) is 4. The average molecular weight is 449 g/mol. The van der Waals surface area contributed by atoms with Crippen LogP contribution >= 0.6 is 11.8 Å². The molecule has 5 nitrogen and oxygen atoms in total. The van der Waals surface area contributed by atoms with Gasteiger partial charge in [-0.1, -0.05) is 18.2 Å². The molecule has 1 aromatic carbocycles. The number of rotatable bonds is 5. The van der Waals surface area contributed by atoms with E-state index in [0.717, 1.165) is 32.0 Å². The van der Waals surface area contributed by atoms with E-state index in [-0.39, 0.29) is 22.6 Å². The number of halogens is 3. The standard InChI is InChI=1S/C22H23F3N4OS/c23-22(24,25)31-19-7-4-17(5-8-19)6-9-21(30)29-15-18(16-29)27-11-13-28(14-12-27)20-3-1-2-10-26-20/h1-10,18H,11-16H2/b9-6+. The number of carbonyl (C=O) groups excluding carboxylic acids is 1. The summed E-state index contributed by atoms with van der Waals surface area (Å²) in [4.78, 5) is 23.4. The first kappa shape index (κ1) is 21.7. The van der Waals surface area contributed by atoms with Gasteiger partial charge in [0.15, 0.2) is 0 Å². The monoisotopic (exact) mass is 448 g/mol. The Kier molecular flexibility index (Phi) is 6.52. The Bertz CT molecular complexity index is 907. The molecule has 0 atom stereocenters. The molecule has 2 aromatic rings. The topological polar surface area (TPSA) is 39.7 Å². The summed E-state index contributed by atoms with van der Waals surface area (Å²) in [6.45, 7) is 5.14. The summed E-state index contributed by atoms with van der Waals surface area (Å²) in [5.41, 5.74) is -3.60. The van der Waals surface area contributed by atoms with Crippen molar-refractivity contribution >= 4 is 29.6 Å². The zero-order valence-electron chi connectivity index (χ0n) is 16.8. The number of hydrogen-bond donors (Lipinski definition) is 0. The first-order valence-corrected chi connectivity index (χ1v) is 10.9. The minimum Gasteiger partial charge on any atom is -0.354 e. The van der Waals surface area contributed by atoms with Gasteiger partial charge in [0, 0.05) is 62.5 Å². The molecule has 1 aromatic heterocycles. The molecule has 3 heterocycles. The van der Waals surface area contributed by atoms with Gasteiger partial charge in [-0.3, -0.25) is 9.69 Å². The Balaban J connectivity index is 1.21. The molecule has 164 valence electrons. The quantitative estimate of drug-likeness (QED) is 0.515. The van der Waals surface area contributed by atoms with Crippen LogP contribution in [-0.2, 0) is 4.79 Å². The number of carbonyl (C=O) groups is 1.